The molecule has 1 saturated heterocycles. The van der Waals surface area contributed by atoms with Crippen LogP contribution in [0.3, 0.4) is 0 Å². The van der Waals surface area contributed by atoms with E-state index < -0.39 is 0 Å². The summed E-state index contributed by atoms with van der Waals surface area (Å²) in [6, 6.07) is 5.80. The standard InChI is InChI=1S/C18H26NO5/c1-19(2)10-15(11-20-3)14-5-6-17(18(9-14)21-4)24-13-16-12-22-7-8-23-16/h5-6,9-11,16H,7-8,12-13H2,1-4H3/q+1/t16-/m1/s1. The summed E-state index contributed by atoms with van der Waals surface area (Å²) in [4.78, 5) is 0. The molecule has 0 amide bonds. The maximum absolute atomic E-state index is 5.84. The average molecular weight is 336 g/mol. The minimum Gasteiger partial charge on any atom is -0.503 e. The van der Waals surface area contributed by atoms with Crippen LogP contribution in [0.2, 0.25) is 0 Å². The number of ether oxygens (including phenoxy) is 5. The summed E-state index contributed by atoms with van der Waals surface area (Å²) in [6.07, 6.45) is 3.63. The van der Waals surface area contributed by atoms with Crippen molar-refractivity contribution >= 4 is 11.8 Å². The van der Waals surface area contributed by atoms with Crippen LogP contribution in [0, 0.1) is 0 Å². The van der Waals surface area contributed by atoms with Crippen LogP contribution < -0.4 is 9.47 Å². The molecule has 0 saturated carbocycles. The Morgan fingerprint density at radius 2 is 2.08 bits per heavy atom. The van der Waals surface area contributed by atoms with Gasteiger partial charge in [0.2, 0.25) is 0 Å². The largest absolute Gasteiger partial charge is 0.503 e. The minimum absolute atomic E-state index is 0.0471. The number of hydrogen-bond acceptors (Lipinski definition) is 5. The topological polar surface area (TPSA) is 49.2 Å². The van der Waals surface area contributed by atoms with Crippen molar-refractivity contribution in [3.8, 4) is 11.5 Å². The van der Waals surface area contributed by atoms with Gasteiger partial charge < -0.3 is 23.7 Å². The van der Waals surface area contributed by atoms with Crippen molar-refractivity contribution in [1.29, 1.82) is 0 Å². The summed E-state index contributed by atoms with van der Waals surface area (Å²) >= 11 is 0. The lowest BCUT2D eigenvalue weighted by molar-refractivity contribution is -0.458. The molecule has 1 aromatic rings. The van der Waals surface area contributed by atoms with Crippen molar-refractivity contribution in [3.05, 3.63) is 30.0 Å². The Labute approximate surface area is 143 Å². The van der Waals surface area contributed by atoms with E-state index in [0.717, 1.165) is 11.1 Å². The van der Waals surface area contributed by atoms with E-state index in [1.54, 1.807) is 20.5 Å². The molecule has 1 aliphatic heterocycles. The molecule has 132 valence electrons. The third kappa shape index (κ3) is 5.25. The maximum atomic E-state index is 5.84. The Balaban J connectivity index is 2.13. The van der Waals surface area contributed by atoms with E-state index in [4.69, 9.17) is 23.7 Å². The first-order chi connectivity index (χ1) is 11.6. The van der Waals surface area contributed by atoms with Crippen molar-refractivity contribution < 1.29 is 28.3 Å². The molecule has 0 aliphatic carbocycles. The van der Waals surface area contributed by atoms with Gasteiger partial charge in [0.1, 0.15) is 26.8 Å². The number of rotatable bonds is 7. The average Bonchev–Trinajstić information content (AvgIpc) is 2.60. The third-order valence-corrected chi connectivity index (χ3v) is 3.45. The molecule has 1 aliphatic rings. The van der Waals surface area contributed by atoms with Crippen LogP contribution in [0.1, 0.15) is 5.56 Å². The Kier molecular flexibility index (Phi) is 7.08. The first-order valence-corrected chi connectivity index (χ1v) is 7.89. The van der Waals surface area contributed by atoms with Crippen LogP contribution in [-0.2, 0) is 14.2 Å². The molecule has 1 aromatic carbocycles. The highest BCUT2D eigenvalue weighted by Gasteiger charge is 2.17. The lowest BCUT2D eigenvalue weighted by atomic mass is 10.1. The van der Waals surface area contributed by atoms with Crippen molar-refractivity contribution in [3.63, 3.8) is 0 Å². The fourth-order valence-electron chi connectivity index (χ4n) is 2.36. The smallest absolute Gasteiger partial charge is 0.173 e. The van der Waals surface area contributed by atoms with Gasteiger partial charge in [0.05, 0.1) is 45.9 Å². The van der Waals surface area contributed by atoms with E-state index in [0.29, 0.717) is 37.9 Å². The van der Waals surface area contributed by atoms with E-state index in [-0.39, 0.29) is 6.10 Å². The highest BCUT2D eigenvalue weighted by atomic mass is 16.6. The molecular weight excluding hydrogens is 310 g/mol. The van der Waals surface area contributed by atoms with Gasteiger partial charge in [-0.05, 0) is 17.7 Å². The fraction of sp³-hybridized carbons (Fsp3) is 0.500. The molecule has 2 rings (SSSR count). The van der Waals surface area contributed by atoms with Crippen LogP contribution in [0.4, 0.5) is 0 Å². The monoisotopic (exact) mass is 336 g/mol. The predicted molar refractivity (Wildman–Crippen MR) is 92.2 cm³/mol. The van der Waals surface area contributed by atoms with Crippen molar-refractivity contribution in [2.75, 3.05) is 54.7 Å². The molecule has 6 nitrogen and oxygen atoms in total. The first-order valence-electron chi connectivity index (χ1n) is 7.89. The van der Waals surface area contributed by atoms with Gasteiger partial charge >= 0.3 is 0 Å². The fourth-order valence-corrected chi connectivity index (χ4v) is 2.36. The minimum atomic E-state index is -0.0471. The second-order valence-electron chi connectivity index (χ2n) is 5.65. The third-order valence-electron chi connectivity index (χ3n) is 3.45. The van der Waals surface area contributed by atoms with Crippen LogP contribution in [0.25, 0.3) is 5.57 Å². The number of allylic oxidation sites excluding steroid dienone is 1. The molecule has 0 radical (unpaired) electrons. The van der Waals surface area contributed by atoms with E-state index in [1.807, 2.05) is 43.1 Å². The van der Waals surface area contributed by atoms with E-state index in [2.05, 4.69) is 0 Å². The Morgan fingerprint density at radius 1 is 1.25 bits per heavy atom. The van der Waals surface area contributed by atoms with E-state index >= 15 is 0 Å². The molecule has 6 heteroatoms. The quantitative estimate of drug-likeness (QED) is 0.432. The molecule has 24 heavy (non-hydrogen) atoms. The summed E-state index contributed by atoms with van der Waals surface area (Å²) in [5.41, 5.74) is 1.92. The second-order valence-corrected chi connectivity index (χ2v) is 5.65. The Morgan fingerprint density at radius 3 is 2.71 bits per heavy atom. The zero-order valence-electron chi connectivity index (χ0n) is 14.8. The van der Waals surface area contributed by atoms with E-state index in [9.17, 15) is 0 Å². The molecule has 0 bridgehead atoms. The maximum Gasteiger partial charge on any atom is 0.173 e. The van der Waals surface area contributed by atoms with Crippen molar-refractivity contribution in [2.24, 2.45) is 0 Å². The summed E-state index contributed by atoms with van der Waals surface area (Å²) in [7, 11) is 7.18. The van der Waals surface area contributed by atoms with Crippen LogP contribution in [0.15, 0.2) is 24.5 Å². The molecule has 1 fully saturated rings. The van der Waals surface area contributed by atoms with Gasteiger partial charge in [0.15, 0.2) is 17.7 Å². The number of methoxy groups -OCH3 is 2. The van der Waals surface area contributed by atoms with Crippen molar-refractivity contribution in [2.45, 2.75) is 6.10 Å². The van der Waals surface area contributed by atoms with Crippen LogP contribution in [0.5, 0.6) is 11.5 Å². The van der Waals surface area contributed by atoms with Crippen LogP contribution in [-0.4, -0.2) is 71.6 Å². The zero-order chi connectivity index (χ0) is 17.4. The Hall–Kier alpha value is -2.05. The zero-order valence-corrected chi connectivity index (χ0v) is 14.8. The summed E-state index contributed by atoms with van der Waals surface area (Å²) in [5.74, 6) is 1.34. The molecule has 0 N–H and O–H groups in total. The molecular formula is C18H26NO5+. The van der Waals surface area contributed by atoms with Gasteiger partial charge in [0.25, 0.3) is 0 Å². The number of benzene rings is 1. The first kappa shape index (κ1) is 18.3. The summed E-state index contributed by atoms with van der Waals surface area (Å²) in [5, 5.41) is 0. The number of hydrogen-bond donors (Lipinski definition) is 0. The summed E-state index contributed by atoms with van der Waals surface area (Å²) < 4.78 is 29.4. The molecule has 0 spiro atoms. The van der Waals surface area contributed by atoms with E-state index in [1.165, 1.54) is 0 Å². The lowest BCUT2D eigenvalue weighted by Crippen LogP contribution is -2.33. The highest BCUT2D eigenvalue weighted by Crippen LogP contribution is 2.30. The lowest BCUT2D eigenvalue weighted by Gasteiger charge is -2.23. The molecule has 0 unspecified atom stereocenters. The second kappa shape index (κ2) is 9.30. The van der Waals surface area contributed by atoms with Crippen LogP contribution >= 0.6 is 0 Å². The normalized spacial score (nSPS) is 18.0. The highest BCUT2D eigenvalue weighted by molar-refractivity contribution is 6.07. The van der Waals surface area contributed by atoms with Crippen molar-refractivity contribution in [1.82, 2.24) is 0 Å². The van der Waals surface area contributed by atoms with Gasteiger partial charge in [-0.15, -0.1) is 0 Å². The van der Waals surface area contributed by atoms with Gasteiger partial charge in [-0.2, -0.15) is 0 Å². The van der Waals surface area contributed by atoms with Gasteiger partial charge in [-0.1, -0.05) is 6.07 Å². The number of nitrogens with zero attached hydrogens (tertiary/aromatic N) is 1. The Bertz CT molecular complexity index is 587. The van der Waals surface area contributed by atoms with Gasteiger partial charge in [-0.25, -0.2) is 4.58 Å². The van der Waals surface area contributed by atoms with Gasteiger partial charge in [-0.3, -0.25) is 0 Å². The molecule has 1 atom stereocenters. The molecule has 0 aromatic heterocycles. The SMILES string of the molecule is COC=C(C=[N+](C)C)c1ccc(OC[C@H]2COCCO2)c(OC)c1. The van der Waals surface area contributed by atoms with Gasteiger partial charge in [0, 0.05) is 0 Å². The predicted octanol–water partition coefficient (Wildman–Crippen LogP) is 1.82. The molecule has 1 heterocycles. The summed E-state index contributed by atoms with van der Waals surface area (Å²) in [6.45, 7) is 2.24.